The Morgan fingerprint density at radius 2 is 1.54 bits per heavy atom. The van der Waals surface area contributed by atoms with Gasteiger partial charge in [0.05, 0.1) is 28.0 Å². The minimum absolute atomic E-state index is 0.315. The molecule has 0 bridgehead atoms. The summed E-state index contributed by atoms with van der Waals surface area (Å²) in [5.41, 5.74) is 6.34. The van der Waals surface area contributed by atoms with Crippen molar-refractivity contribution in [3.8, 4) is 22.7 Å². The highest BCUT2D eigenvalue weighted by Gasteiger charge is 2.36. The van der Waals surface area contributed by atoms with E-state index < -0.39 is 6.10 Å². The van der Waals surface area contributed by atoms with Gasteiger partial charge in [-0.15, -0.1) is 0 Å². The van der Waals surface area contributed by atoms with Crippen LogP contribution in [0.3, 0.4) is 0 Å². The predicted octanol–water partition coefficient (Wildman–Crippen LogP) is 4.79. The van der Waals surface area contributed by atoms with Gasteiger partial charge in [-0.3, -0.25) is 13.9 Å². The van der Waals surface area contributed by atoms with Crippen molar-refractivity contribution in [2.24, 2.45) is 14.1 Å². The maximum absolute atomic E-state index is 13.7. The number of fused-ring (bicyclic) bond motifs is 5. The van der Waals surface area contributed by atoms with Crippen LogP contribution in [0.2, 0.25) is 0 Å². The monoisotopic (exact) mass is 463 g/mol. The first-order valence-electron chi connectivity index (χ1n) is 11.6. The molecule has 1 aliphatic heterocycles. The molecule has 6 rings (SSSR count). The number of hydrogen-bond donors (Lipinski definition) is 0. The Balaban J connectivity index is 1.91. The van der Waals surface area contributed by atoms with Crippen LogP contribution in [0.5, 0.6) is 5.75 Å². The molecule has 0 saturated carbocycles. The summed E-state index contributed by atoms with van der Waals surface area (Å²) in [4.78, 5) is 26.9. The molecule has 3 heterocycles. The van der Waals surface area contributed by atoms with E-state index in [4.69, 9.17) is 4.74 Å². The predicted molar refractivity (Wildman–Crippen MR) is 138 cm³/mol. The van der Waals surface area contributed by atoms with Crippen LogP contribution in [-0.2, 0) is 14.1 Å². The molecule has 6 heteroatoms. The molecule has 0 N–H and O–H groups in total. The Hall–Kier alpha value is -4.32. The summed E-state index contributed by atoms with van der Waals surface area (Å²) in [6, 6.07) is 24.0. The Kier molecular flexibility index (Phi) is 4.61. The van der Waals surface area contributed by atoms with Crippen molar-refractivity contribution in [2.45, 2.75) is 20.0 Å². The molecule has 0 aliphatic carbocycles. The highest BCUT2D eigenvalue weighted by molar-refractivity contribution is 5.98. The smallest absolute Gasteiger partial charge is 0.331 e. The van der Waals surface area contributed by atoms with Crippen molar-refractivity contribution in [1.29, 1.82) is 0 Å². The second kappa shape index (κ2) is 7.60. The van der Waals surface area contributed by atoms with E-state index in [0.717, 1.165) is 45.1 Å². The molecule has 1 aliphatic rings. The molecular formula is C29H25N3O3. The van der Waals surface area contributed by atoms with E-state index in [0.29, 0.717) is 10.9 Å². The zero-order valence-corrected chi connectivity index (χ0v) is 20.1. The molecule has 0 radical (unpaired) electrons. The van der Waals surface area contributed by atoms with Gasteiger partial charge in [0.15, 0.2) is 6.10 Å². The van der Waals surface area contributed by atoms with Gasteiger partial charge in [-0.1, -0.05) is 60.7 Å². The van der Waals surface area contributed by atoms with Crippen molar-refractivity contribution in [1.82, 2.24) is 13.7 Å². The van der Waals surface area contributed by atoms with Gasteiger partial charge in [-0.05, 0) is 42.7 Å². The highest BCUT2D eigenvalue weighted by atomic mass is 16.5. The topological polar surface area (TPSA) is 58.2 Å². The number of benzene rings is 3. The molecule has 0 spiro atoms. The first kappa shape index (κ1) is 21.2. The average molecular weight is 464 g/mol. The number of rotatable bonds is 2. The summed E-state index contributed by atoms with van der Waals surface area (Å²) in [7, 11) is 3.26. The number of aryl methyl sites for hydroxylation is 3. The lowest BCUT2D eigenvalue weighted by atomic mass is 10.0. The molecule has 0 fully saturated rings. The van der Waals surface area contributed by atoms with Crippen LogP contribution < -0.4 is 16.0 Å². The van der Waals surface area contributed by atoms with Crippen LogP contribution in [0, 0.1) is 13.8 Å². The maximum atomic E-state index is 13.7. The van der Waals surface area contributed by atoms with E-state index in [9.17, 15) is 9.59 Å². The highest BCUT2D eigenvalue weighted by Crippen LogP contribution is 2.47. The lowest BCUT2D eigenvalue weighted by Crippen LogP contribution is -2.37. The molecule has 3 aromatic carbocycles. The van der Waals surface area contributed by atoms with Crippen LogP contribution in [0.1, 0.15) is 28.5 Å². The summed E-state index contributed by atoms with van der Waals surface area (Å²) in [6.45, 7) is 4.08. The SMILES string of the molecule is Cc1ccc2c(c1)-n1c(-c3ccccc3C)c3c(=O)n(C)c(=O)n(C)c3c1C(c1ccccc1)O2. The first-order chi connectivity index (χ1) is 16.9. The summed E-state index contributed by atoms with van der Waals surface area (Å²) < 4.78 is 11.5. The van der Waals surface area contributed by atoms with Gasteiger partial charge in [0.25, 0.3) is 5.56 Å². The van der Waals surface area contributed by atoms with Gasteiger partial charge in [0, 0.05) is 19.7 Å². The van der Waals surface area contributed by atoms with E-state index in [2.05, 4.69) is 10.6 Å². The average Bonchev–Trinajstić information content (AvgIpc) is 3.23. The van der Waals surface area contributed by atoms with Crippen LogP contribution >= 0.6 is 0 Å². The lowest BCUT2D eigenvalue weighted by Gasteiger charge is -2.30. The normalized spacial score (nSPS) is 14.5. The second-order valence-corrected chi connectivity index (χ2v) is 9.19. The first-order valence-corrected chi connectivity index (χ1v) is 11.6. The van der Waals surface area contributed by atoms with E-state index in [1.165, 1.54) is 11.6 Å². The van der Waals surface area contributed by atoms with Gasteiger partial charge in [0.1, 0.15) is 5.75 Å². The number of ether oxygens (including phenoxy) is 1. The zero-order valence-electron chi connectivity index (χ0n) is 20.1. The number of aromatic nitrogens is 3. The quantitative estimate of drug-likeness (QED) is 0.378. The molecule has 2 aromatic heterocycles. The molecule has 35 heavy (non-hydrogen) atoms. The lowest BCUT2D eigenvalue weighted by molar-refractivity contribution is 0.229. The molecule has 1 unspecified atom stereocenters. The molecule has 6 nitrogen and oxygen atoms in total. The van der Waals surface area contributed by atoms with E-state index >= 15 is 0 Å². The fourth-order valence-corrected chi connectivity index (χ4v) is 5.22. The fourth-order valence-electron chi connectivity index (χ4n) is 5.22. The molecule has 1 atom stereocenters. The Bertz CT molecular complexity index is 1760. The van der Waals surface area contributed by atoms with Crippen LogP contribution in [0.4, 0.5) is 0 Å². The minimum atomic E-state index is -0.496. The maximum Gasteiger partial charge on any atom is 0.331 e. The third kappa shape index (κ3) is 2.96. The second-order valence-electron chi connectivity index (χ2n) is 9.19. The largest absolute Gasteiger partial charge is 0.477 e. The van der Waals surface area contributed by atoms with E-state index in [1.807, 2.05) is 80.6 Å². The van der Waals surface area contributed by atoms with Crippen molar-refractivity contribution < 1.29 is 4.74 Å². The Labute approximate surface area is 202 Å². The van der Waals surface area contributed by atoms with Crippen molar-refractivity contribution in [3.63, 3.8) is 0 Å². The van der Waals surface area contributed by atoms with Gasteiger partial charge in [-0.25, -0.2) is 4.79 Å². The van der Waals surface area contributed by atoms with Crippen LogP contribution in [-0.4, -0.2) is 13.7 Å². The molecule has 0 amide bonds. The van der Waals surface area contributed by atoms with Crippen LogP contribution in [0.25, 0.3) is 27.8 Å². The molecule has 0 saturated heterocycles. The number of hydrogen-bond acceptors (Lipinski definition) is 3. The zero-order chi connectivity index (χ0) is 24.4. The summed E-state index contributed by atoms with van der Waals surface area (Å²) in [6.07, 6.45) is -0.496. The number of nitrogens with zero attached hydrogens (tertiary/aromatic N) is 3. The van der Waals surface area contributed by atoms with E-state index in [1.54, 1.807) is 11.6 Å². The van der Waals surface area contributed by atoms with Crippen LogP contribution in [0.15, 0.2) is 82.4 Å². The standard InChI is InChI=1S/C29H25N3O3/c1-17-14-15-22-21(16-17)32-24(20-13-9-8-10-18(20)2)23-25(30(3)29(34)31(4)28(23)33)26(32)27(35-22)19-11-6-5-7-12-19/h5-16,27H,1-4H3. The van der Waals surface area contributed by atoms with Gasteiger partial charge >= 0.3 is 5.69 Å². The fraction of sp³-hybridized carbons (Fsp3) is 0.172. The van der Waals surface area contributed by atoms with Gasteiger partial charge in [0.2, 0.25) is 0 Å². The molecule has 174 valence electrons. The van der Waals surface area contributed by atoms with Crippen molar-refractivity contribution in [2.75, 3.05) is 0 Å². The van der Waals surface area contributed by atoms with Crippen molar-refractivity contribution in [3.05, 3.63) is 116 Å². The Morgan fingerprint density at radius 1 is 0.829 bits per heavy atom. The van der Waals surface area contributed by atoms with Crippen molar-refractivity contribution >= 4 is 10.9 Å². The molecular weight excluding hydrogens is 438 g/mol. The third-order valence-electron chi connectivity index (χ3n) is 6.96. The minimum Gasteiger partial charge on any atom is -0.477 e. The van der Waals surface area contributed by atoms with E-state index in [-0.39, 0.29) is 11.2 Å². The summed E-state index contributed by atoms with van der Waals surface area (Å²) in [5.74, 6) is 0.730. The third-order valence-corrected chi connectivity index (χ3v) is 6.96. The van der Waals surface area contributed by atoms with Gasteiger partial charge in [-0.2, -0.15) is 0 Å². The van der Waals surface area contributed by atoms with Gasteiger partial charge < -0.3 is 9.30 Å². The Morgan fingerprint density at radius 3 is 2.29 bits per heavy atom. The summed E-state index contributed by atoms with van der Waals surface area (Å²) in [5, 5.41) is 0.512. The molecule has 5 aromatic rings. The summed E-state index contributed by atoms with van der Waals surface area (Å²) >= 11 is 0.